The van der Waals surface area contributed by atoms with E-state index in [-0.39, 0.29) is 36.4 Å². The number of nitrogens with zero attached hydrogens (tertiary/aromatic N) is 3. The van der Waals surface area contributed by atoms with Gasteiger partial charge in [-0.15, -0.1) is 24.0 Å². The average molecular weight is 493 g/mol. The monoisotopic (exact) mass is 493 g/mol. The number of pyridine rings is 1. The van der Waals surface area contributed by atoms with Crippen LogP contribution in [0.5, 0.6) is 0 Å². The number of fused-ring (bicyclic) bond motifs is 1. The minimum atomic E-state index is 0. The molecule has 0 aliphatic heterocycles. The fraction of sp³-hybridized carbons (Fsp3) is 0.381. The number of benzene rings is 1. The van der Waals surface area contributed by atoms with Gasteiger partial charge < -0.3 is 15.5 Å². The van der Waals surface area contributed by atoms with E-state index in [0.29, 0.717) is 18.5 Å². The van der Waals surface area contributed by atoms with E-state index in [1.54, 1.807) is 25.2 Å². The summed E-state index contributed by atoms with van der Waals surface area (Å²) in [6.07, 6.45) is 4.82. The number of likely N-dealkylation sites (N-methyl/N-ethyl adjacent to an activating group) is 1. The highest BCUT2D eigenvalue weighted by molar-refractivity contribution is 14.0. The van der Waals surface area contributed by atoms with Gasteiger partial charge in [0, 0.05) is 26.3 Å². The molecule has 1 amide bonds. The normalized spacial score (nSPS) is 15.8. The summed E-state index contributed by atoms with van der Waals surface area (Å²) in [6.45, 7) is 0.681. The van der Waals surface area contributed by atoms with Crippen LogP contribution in [0.3, 0.4) is 0 Å². The topological polar surface area (TPSA) is 69.6 Å². The van der Waals surface area contributed by atoms with Crippen molar-refractivity contribution in [1.82, 2.24) is 20.5 Å². The van der Waals surface area contributed by atoms with Crippen molar-refractivity contribution in [2.75, 3.05) is 20.6 Å². The van der Waals surface area contributed by atoms with Crippen LogP contribution >= 0.6 is 24.0 Å². The van der Waals surface area contributed by atoms with Gasteiger partial charge in [0.05, 0.1) is 18.8 Å². The fourth-order valence-electron chi connectivity index (χ4n) is 3.14. The van der Waals surface area contributed by atoms with Crippen LogP contribution in [0.15, 0.2) is 53.7 Å². The van der Waals surface area contributed by atoms with Crippen molar-refractivity contribution in [1.29, 1.82) is 0 Å². The second kappa shape index (κ2) is 11.0. The Kier molecular flexibility index (Phi) is 8.69. The Bertz CT molecular complexity index is 794. The molecule has 2 N–H and O–H groups in total. The van der Waals surface area contributed by atoms with Crippen LogP contribution in [0.4, 0.5) is 0 Å². The third-order valence-electron chi connectivity index (χ3n) is 4.72. The summed E-state index contributed by atoms with van der Waals surface area (Å²) < 4.78 is 0. The molecule has 0 saturated carbocycles. The van der Waals surface area contributed by atoms with Crippen molar-refractivity contribution in [2.24, 2.45) is 4.99 Å². The summed E-state index contributed by atoms with van der Waals surface area (Å²) in [5.41, 5.74) is 3.71. The van der Waals surface area contributed by atoms with Crippen molar-refractivity contribution < 1.29 is 4.79 Å². The van der Waals surface area contributed by atoms with Crippen molar-refractivity contribution >= 4 is 35.8 Å². The number of rotatable bonds is 5. The van der Waals surface area contributed by atoms with Gasteiger partial charge in [0.15, 0.2) is 5.96 Å². The minimum absolute atomic E-state index is 0. The van der Waals surface area contributed by atoms with Gasteiger partial charge in [0.25, 0.3) is 0 Å². The molecule has 1 aromatic heterocycles. The van der Waals surface area contributed by atoms with Gasteiger partial charge in [-0.25, -0.2) is 4.99 Å². The van der Waals surface area contributed by atoms with Crippen LogP contribution in [0.25, 0.3) is 0 Å². The van der Waals surface area contributed by atoms with Crippen molar-refractivity contribution in [3.8, 4) is 0 Å². The predicted molar refractivity (Wildman–Crippen MR) is 123 cm³/mol. The van der Waals surface area contributed by atoms with E-state index in [1.807, 2.05) is 18.2 Å². The molecule has 1 aliphatic carbocycles. The zero-order chi connectivity index (χ0) is 19.1. The van der Waals surface area contributed by atoms with Crippen molar-refractivity contribution in [2.45, 2.75) is 31.8 Å². The Morgan fingerprint density at radius 2 is 1.93 bits per heavy atom. The van der Waals surface area contributed by atoms with Gasteiger partial charge in [-0.1, -0.05) is 30.3 Å². The zero-order valence-corrected chi connectivity index (χ0v) is 18.7. The summed E-state index contributed by atoms with van der Waals surface area (Å²) in [5.74, 6) is 0.663. The van der Waals surface area contributed by atoms with Gasteiger partial charge in [-0.2, -0.15) is 0 Å². The van der Waals surface area contributed by atoms with Crippen LogP contribution in [0, 0.1) is 0 Å². The summed E-state index contributed by atoms with van der Waals surface area (Å²) in [7, 11) is 3.50. The Labute approximate surface area is 183 Å². The lowest BCUT2D eigenvalue weighted by molar-refractivity contribution is -0.127. The first-order valence-corrected chi connectivity index (χ1v) is 9.33. The number of aliphatic imine (C=N–C) groups is 1. The number of aromatic nitrogens is 1. The molecule has 0 spiro atoms. The largest absolute Gasteiger partial charge is 0.353 e. The molecule has 0 fully saturated rings. The lowest BCUT2D eigenvalue weighted by Gasteiger charge is -2.27. The maximum atomic E-state index is 11.9. The lowest BCUT2D eigenvalue weighted by atomic mass is 9.88. The molecule has 1 atom stereocenters. The summed E-state index contributed by atoms with van der Waals surface area (Å²) >= 11 is 0. The number of halogens is 1. The van der Waals surface area contributed by atoms with E-state index in [1.165, 1.54) is 11.1 Å². The Morgan fingerprint density at radius 3 is 2.64 bits per heavy atom. The molecule has 0 radical (unpaired) electrons. The average Bonchev–Trinajstić information content (AvgIpc) is 2.70. The molecule has 2 aromatic rings. The third kappa shape index (κ3) is 6.47. The van der Waals surface area contributed by atoms with Gasteiger partial charge in [-0.3, -0.25) is 9.78 Å². The van der Waals surface area contributed by atoms with Gasteiger partial charge >= 0.3 is 0 Å². The third-order valence-corrected chi connectivity index (χ3v) is 4.72. The number of carbonyl (C=O) groups excluding carboxylic acids is 1. The Balaban J connectivity index is 0.00000280. The quantitative estimate of drug-likeness (QED) is 0.382. The predicted octanol–water partition coefficient (Wildman–Crippen LogP) is 2.38. The highest BCUT2D eigenvalue weighted by atomic mass is 127. The van der Waals surface area contributed by atoms with E-state index >= 15 is 0 Å². The lowest BCUT2D eigenvalue weighted by Crippen LogP contribution is -2.48. The Hall–Kier alpha value is -2.16. The number of carbonyl (C=O) groups is 1. The van der Waals surface area contributed by atoms with E-state index in [4.69, 9.17) is 0 Å². The molecule has 7 heteroatoms. The molecule has 1 unspecified atom stereocenters. The van der Waals surface area contributed by atoms with Crippen LogP contribution in [0.1, 0.15) is 23.2 Å². The first kappa shape index (κ1) is 22.1. The highest BCUT2D eigenvalue weighted by Gasteiger charge is 2.19. The minimum Gasteiger partial charge on any atom is -0.353 e. The molecule has 1 aliphatic rings. The van der Waals surface area contributed by atoms with E-state index < -0.39 is 0 Å². The number of nitrogens with one attached hydrogen (secondary N) is 2. The van der Waals surface area contributed by atoms with Crippen LogP contribution < -0.4 is 10.6 Å². The first-order valence-electron chi connectivity index (χ1n) is 9.33. The highest BCUT2D eigenvalue weighted by Crippen LogP contribution is 2.20. The summed E-state index contributed by atoms with van der Waals surface area (Å²) in [5, 5.41) is 6.66. The first-order chi connectivity index (χ1) is 13.1. The van der Waals surface area contributed by atoms with Crippen molar-refractivity contribution in [3.05, 3.63) is 65.5 Å². The van der Waals surface area contributed by atoms with E-state index in [9.17, 15) is 4.79 Å². The Morgan fingerprint density at radius 1 is 1.18 bits per heavy atom. The number of aryl methyl sites for hydroxylation is 1. The van der Waals surface area contributed by atoms with Gasteiger partial charge in [0.1, 0.15) is 0 Å². The SMILES string of the molecule is CN(C)C(=O)CNC(=NCc1ccccn1)NC1CCc2ccccc2C1.I. The second-order valence-corrected chi connectivity index (χ2v) is 6.98. The standard InChI is InChI=1S/C21H27N5O.HI/c1-26(2)20(27)15-24-21(23-14-19-9-5-6-12-22-19)25-18-11-10-16-7-3-4-8-17(16)13-18;/h3-9,12,18H,10-11,13-15H2,1-2H3,(H2,23,24,25);1H. The maximum absolute atomic E-state index is 11.9. The zero-order valence-electron chi connectivity index (χ0n) is 16.4. The van der Waals surface area contributed by atoms with Crippen molar-refractivity contribution in [3.63, 3.8) is 0 Å². The number of amides is 1. The van der Waals surface area contributed by atoms with Crippen LogP contribution in [0.2, 0.25) is 0 Å². The van der Waals surface area contributed by atoms with E-state index in [0.717, 1.165) is 25.0 Å². The molecule has 1 aromatic carbocycles. The summed E-state index contributed by atoms with van der Waals surface area (Å²) in [6, 6.07) is 14.7. The molecule has 1 heterocycles. The summed E-state index contributed by atoms with van der Waals surface area (Å²) in [4.78, 5) is 22.5. The molecule has 0 bridgehead atoms. The number of hydrogen-bond acceptors (Lipinski definition) is 3. The molecule has 3 rings (SSSR count). The smallest absolute Gasteiger partial charge is 0.241 e. The van der Waals surface area contributed by atoms with Crippen LogP contribution in [-0.2, 0) is 24.2 Å². The van der Waals surface area contributed by atoms with Gasteiger partial charge in [0.2, 0.25) is 5.91 Å². The molecule has 150 valence electrons. The maximum Gasteiger partial charge on any atom is 0.241 e. The number of hydrogen-bond donors (Lipinski definition) is 2. The second-order valence-electron chi connectivity index (χ2n) is 6.98. The molecule has 0 saturated heterocycles. The van der Waals surface area contributed by atoms with Crippen LogP contribution in [-0.4, -0.2) is 48.4 Å². The molecular formula is C21H28IN5O. The van der Waals surface area contributed by atoms with E-state index in [2.05, 4.69) is 44.9 Å². The molecular weight excluding hydrogens is 465 g/mol. The number of guanidine groups is 1. The molecule has 6 nitrogen and oxygen atoms in total. The van der Waals surface area contributed by atoms with Gasteiger partial charge in [-0.05, 0) is 42.5 Å². The molecule has 28 heavy (non-hydrogen) atoms. The fourth-order valence-corrected chi connectivity index (χ4v) is 3.14.